The smallest absolute Gasteiger partial charge is 0.260 e. The maximum absolute atomic E-state index is 12.4. The van der Waals surface area contributed by atoms with Gasteiger partial charge in [0.2, 0.25) is 5.91 Å². The molecular weight excluding hydrogens is 348 g/mol. The zero-order valence-corrected chi connectivity index (χ0v) is 16.0. The number of nitrogens with one attached hydrogen (secondary N) is 1. The van der Waals surface area contributed by atoms with Crippen LogP contribution in [-0.2, 0) is 4.79 Å². The molecule has 0 unspecified atom stereocenters. The second-order valence-corrected chi connectivity index (χ2v) is 7.08. The van der Waals surface area contributed by atoms with Gasteiger partial charge in [-0.1, -0.05) is 34.6 Å². The zero-order chi connectivity index (χ0) is 18.7. The maximum atomic E-state index is 12.4. The number of rotatable bonds is 5. The monoisotopic (exact) mass is 368 g/mol. The first-order valence-corrected chi connectivity index (χ1v) is 9.19. The van der Waals surface area contributed by atoms with Crippen molar-refractivity contribution in [2.45, 2.75) is 32.7 Å². The largest absolute Gasteiger partial charge is 0.334 e. The second-order valence-electron chi connectivity index (χ2n) is 6.11. The van der Waals surface area contributed by atoms with Crippen LogP contribution in [0, 0.1) is 27.7 Å². The highest BCUT2D eigenvalue weighted by Gasteiger charge is 2.15. The molecule has 1 N–H and O–H groups in total. The molecule has 2 heterocycles. The van der Waals surface area contributed by atoms with Gasteiger partial charge in [-0.25, -0.2) is 4.98 Å². The van der Waals surface area contributed by atoms with Crippen LogP contribution in [0.15, 0.2) is 40.0 Å². The quantitative estimate of drug-likeness (QED) is 0.683. The summed E-state index contributed by atoms with van der Waals surface area (Å²) in [4.78, 5) is 21.0. The molecule has 134 valence electrons. The molecule has 26 heavy (non-hydrogen) atoms. The number of anilines is 1. The number of benzene rings is 1. The number of carbonyl (C=O) groups is 1. The Balaban J connectivity index is 1.71. The fourth-order valence-corrected chi connectivity index (χ4v) is 3.55. The van der Waals surface area contributed by atoms with Crippen LogP contribution in [0.25, 0.3) is 11.5 Å². The number of amides is 1. The highest BCUT2D eigenvalue weighted by atomic mass is 32.2. The molecule has 0 fully saturated rings. The van der Waals surface area contributed by atoms with Crippen LogP contribution in [0.5, 0.6) is 0 Å². The van der Waals surface area contributed by atoms with Gasteiger partial charge >= 0.3 is 0 Å². The van der Waals surface area contributed by atoms with E-state index in [0.29, 0.717) is 16.7 Å². The molecular formula is C19H20N4O2S. The summed E-state index contributed by atoms with van der Waals surface area (Å²) in [6, 6.07) is 7.78. The first kappa shape index (κ1) is 18.1. The highest BCUT2D eigenvalue weighted by Crippen LogP contribution is 2.29. The van der Waals surface area contributed by atoms with Gasteiger partial charge in [0.25, 0.3) is 5.89 Å². The van der Waals surface area contributed by atoms with Gasteiger partial charge in [-0.05, 0) is 51.0 Å². The van der Waals surface area contributed by atoms with E-state index in [1.807, 2.05) is 26.8 Å². The Hall–Kier alpha value is -2.67. The molecule has 3 rings (SSSR count). The Morgan fingerprint density at radius 2 is 1.92 bits per heavy atom. The van der Waals surface area contributed by atoms with Crippen LogP contribution in [0.4, 0.5) is 5.69 Å². The van der Waals surface area contributed by atoms with Crippen molar-refractivity contribution >= 4 is 23.4 Å². The van der Waals surface area contributed by atoms with Crippen LogP contribution >= 0.6 is 11.8 Å². The van der Waals surface area contributed by atoms with Crippen LogP contribution < -0.4 is 5.32 Å². The summed E-state index contributed by atoms with van der Waals surface area (Å²) in [5.41, 5.74) is 4.89. The lowest BCUT2D eigenvalue weighted by Gasteiger charge is -2.13. The summed E-state index contributed by atoms with van der Waals surface area (Å²) in [6.45, 7) is 7.80. The van der Waals surface area contributed by atoms with E-state index in [0.717, 1.165) is 22.4 Å². The van der Waals surface area contributed by atoms with Crippen molar-refractivity contribution in [2.75, 3.05) is 11.1 Å². The van der Waals surface area contributed by atoms with E-state index in [9.17, 15) is 4.79 Å². The van der Waals surface area contributed by atoms with E-state index in [2.05, 4.69) is 32.6 Å². The van der Waals surface area contributed by atoms with Gasteiger partial charge in [0.05, 0.1) is 11.3 Å². The first-order valence-electron chi connectivity index (χ1n) is 8.20. The topological polar surface area (TPSA) is 80.9 Å². The van der Waals surface area contributed by atoms with Crippen molar-refractivity contribution < 1.29 is 9.32 Å². The summed E-state index contributed by atoms with van der Waals surface area (Å²) < 4.78 is 5.22. The lowest BCUT2D eigenvalue weighted by atomic mass is 10.1. The lowest BCUT2D eigenvalue weighted by molar-refractivity contribution is -0.113. The van der Waals surface area contributed by atoms with Crippen molar-refractivity contribution in [3.8, 4) is 11.5 Å². The molecule has 0 saturated heterocycles. The van der Waals surface area contributed by atoms with E-state index >= 15 is 0 Å². The summed E-state index contributed by atoms with van der Waals surface area (Å²) in [5, 5.41) is 7.49. The van der Waals surface area contributed by atoms with Gasteiger partial charge in [-0.3, -0.25) is 4.79 Å². The number of pyridine rings is 1. The molecule has 3 aromatic rings. The van der Waals surface area contributed by atoms with Crippen molar-refractivity contribution in [1.29, 1.82) is 0 Å². The zero-order valence-electron chi connectivity index (χ0n) is 15.2. The number of carbonyl (C=O) groups excluding carboxylic acids is 1. The number of aromatic nitrogens is 3. The Morgan fingerprint density at radius 1 is 1.19 bits per heavy atom. The molecule has 0 spiro atoms. The van der Waals surface area contributed by atoms with Crippen LogP contribution in [-0.4, -0.2) is 26.8 Å². The van der Waals surface area contributed by atoms with Crippen LogP contribution in [0.3, 0.4) is 0 Å². The highest BCUT2D eigenvalue weighted by molar-refractivity contribution is 8.00. The van der Waals surface area contributed by atoms with E-state index in [-0.39, 0.29) is 11.7 Å². The average molecular weight is 368 g/mol. The predicted octanol–water partition coefficient (Wildman–Crippen LogP) is 4.10. The third-order valence-electron chi connectivity index (χ3n) is 3.81. The molecule has 7 heteroatoms. The fraction of sp³-hybridized carbons (Fsp3) is 0.263. The number of hydrogen-bond acceptors (Lipinski definition) is 6. The van der Waals surface area contributed by atoms with Crippen molar-refractivity contribution in [1.82, 2.24) is 15.1 Å². The molecule has 1 aromatic carbocycles. The molecule has 0 bridgehead atoms. The van der Waals surface area contributed by atoms with Crippen molar-refractivity contribution in [3.05, 3.63) is 53.0 Å². The first-order chi connectivity index (χ1) is 12.4. The predicted molar refractivity (Wildman–Crippen MR) is 102 cm³/mol. The van der Waals surface area contributed by atoms with Crippen molar-refractivity contribution in [3.63, 3.8) is 0 Å². The number of thioether (sulfide) groups is 1. The van der Waals surface area contributed by atoms with Gasteiger partial charge in [-0.2, -0.15) is 4.98 Å². The summed E-state index contributed by atoms with van der Waals surface area (Å²) in [6.07, 6.45) is 1.68. The standard InChI is InChI=1S/C19H20N4O2S/c1-11-8-12(2)17(13(3)9-11)22-16(24)10-26-19-15(6-5-7-20-19)18-21-14(4)23-25-18/h5-9H,10H2,1-4H3,(H,22,24). The number of aryl methyl sites for hydroxylation is 4. The van der Waals surface area contributed by atoms with Crippen LogP contribution in [0.1, 0.15) is 22.5 Å². The summed E-state index contributed by atoms with van der Waals surface area (Å²) >= 11 is 1.34. The van der Waals surface area contributed by atoms with Gasteiger partial charge in [-0.15, -0.1) is 0 Å². The van der Waals surface area contributed by atoms with E-state index in [1.165, 1.54) is 17.3 Å². The minimum Gasteiger partial charge on any atom is -0.334 e. The van der Waals surface area contributed by atoms with Gasteiger partial charge in [0, 0.05) is 11.9 Å². The molecule has 6 nitrogen and oxygen atoms in total. The summed E-state index contributed by atoms with van der Waals surface area (Å²) in [5.74, 6) is 1.12. The van der Waals surface area contributed by atoms with Crippen molar-refractivity contribution in [2.24, 2.45) is 0 Å². The fourth-order valence-electron chi connectivity index (χ4n) is 2.76. The lowest BCUT2D eigenvalue weighted by Crippen LogP contribution is -2.16. The second kappa shape index (κ2) is 7.70. The summed E-state index contributed by atoms with van der Waals surface area (Å²) in [7, 11) is 0. The minimum atomic E-state index is -0.0802. The molecule has 0 saturated carbocycles. The SMILES string of the molecule is Cc1cc(C)c(NC(=O)CSc2ncccc2-c2nc(C)no2)c(C)c1. The van der Waals surface area contributed by atoms with Gasteiger partial charge in [0.15, 0.2) is 5.82 Å². The number of nitrogens with zero attached hydrogens (tertiary/aromatic N) is 3. The van der Waals surface area contributed by atoms with Crippen LogP contribution in [0.2, 0.25) is 0 Å². The van der Waals surface area contributed by atoms with E-state index in [4.69, 9.17) is 4.52 Å². The normalized spacial score (nSPS) is 10.8. The molecule has 0 radical (unpaired) electrons. The van der Waals surface area contributed by atoms with E-state index < -0.39 is 0 Å². The van der Waals surface area contributed by atoms with Gasteiger partial charge in [0.1, 0.15) is 5.03 Å². The Kier molecular flexibility index (Phi) is 5.37. The molecule has 0 atom stereocenters. The third kappa shape index (κ3) is 4.11. The Morgan fingerprint density at radius 3 is 2.58 bits per heavy atom. The Labute approximate surface area is 156 Å². The number of hydrogen-bond donors (Lipinski definition) is 1. The van der Waals surface area contributed by atoms with E-state index in [1.54, 1.807) is 19.2 Å². The maximum Gasteiger partial charge on any atom is 0.260 e. The molecule has 0 aliphatic rings. The molecule has 2 aromatic heterocycles. The van der Waals surface area contributed by atoms with Gasteiger partial charge < -0.3 is 9.84 Å². The molecule has 1 amide bonds. The Bertz CT molecular complexity index is 929. The minimum absolute atomic E-state index is 0.0802. The molecule has 0 aliphatic heterocycles. The molecule has 0 aliphatic carbocycles. The third-order valence-corrected chi connectivity index (χ3v) is 4.82. The average Bonchev–Trinajstić information content (AvgIpc) is 3.03.